The average Bonchev–Trinajstić information content (AvgIpc) is 2.86. The lowest BCUT2D eigenvalue weighted by molar-refractivity contribution is -0.244. The van der Waals surface area contributed by atoms with Gasteiger partial charge in [-0.15, -0.1) is 0 Å². The Labute approximate surface area is 205 Å². The zero-order chi connectivity index (χ0) is 24.4. The lowest BCUT2D eigenvalue weighted by atomic mass is 9.88. The Kier molecular flexibility index (Phi) is 6.97. The maximum absolute atomic E-state index is 11.3. The fourth-order valence-corrected chi connectivity index (χ4v) is 5.64. The number of carboxylic acid groups (broad SMARTS) is 1. The molecule has 3 heterocycles. The van der Waals surface area contributed by atoms with E-state index in [1.165, 1.54) is 11.3 Å². The number of aryl methyl sites for hydroxylation is 1. The third kappa shape index (κ3) is 4.88. The van der Waals surface area contributed by atoms with Gasteiger partial charge in [0.05, 0.1) is 18.3 Å². The van der Waals surface area contributed by atoms with E-state index in [0.717, 1.165) is 44.3 Å². The summed E-state index contributed by atoms with van der Waals surface area (Å²) in [5.74, 6) is -0.447. The number of para-hydroxylation sites is 1. The first-order valence-electron chi connectivity index (χ1n) is 12.6. The molecule has 7 nitrogen and oxygen atoms in total. The van der Waals surface area contributed by atoms with Gasteiger partial charge in [0.15, 0.2) is 6.29 Å². The number of hydrogen-bond acceptors (Lipinski definition) is 6. The van der Waals surface area contributed by atoms with Gasteiger partial charge in [-0.1, -0.05) is 30.4 Å². The van der Waals surface area contributed by atoms with E-state index in [0.29, 0.717) is 30.6 Å². The lowest BCUT2D eigenvalue weighted by Crippen LogP contribution is -2.35. The molecule has 0 spiro atoms. The van der Waals surface area contributed by atoms with Crippen molar-refractivity contribution in [3.05, 3.63) is 64.7 Å². The predicted molar refractivity (Wildman–Crippen MR) is 132 cm³/mol. The zero-order valence-corrected chi connectivity index (χ0v) is 19.9. The highest BCUT2D eigenvalue weighted by Gasteiger charge is 2.37. The normalized spacial score (nSPS) is 23.9. The topological polar surface area (TPSA) is 99.5 Å². The van der Waals surface area contributed by atoms with Gasteiger partial charge in [-0.3, -0.25) is 4.79 Å². The number of allylic oxidation sites excluding steroid dienone is 2. The summed E-state index contributed by atoms with van der Waals surface area (Å²) in [6.45, 7) is 2.46. The van der Waals surface area contributed by atoms with Crippen molar-refractivity contribution in [3.63, 3.8) is 0 Å². The van der Waals surface area contributed by atoms with Gasteiger partial charge in [-0.05, 0) is 56.2 Å². The van der Waals surface area contributed by atoms with Crippen LogP contribution in [0, 0.1) is 5.92 Å². The Hall–Kier alpha value is -3.03. The molecule has 0 amide bonds. The number of hydrogen-bond donors (Lipinski definition) is 3. The largest absolute Gasteiger partial charge is 0.508 e. The van der Waals surface area contributed by atoms with Crippen LogP contribution in [0.15, 0.2) is 42.5 Å². The Morgan fingerprint density at radius 1 is 1.09 bits per heavy atom. The van der Waals surface area contributed by atoms with E-state index in [1.807, 2.05) is 30.4 Å². The number of anilines is 1. The highest BCUT2D eigenvalue weighted by atomic mass is 16.7. The smallest absolute Gasteiger partial charge is 0.303 e. The molecule has 3 aliphatic rings. The summed E-state index contributed by atoms with van der Waals surface area (Å²) in [4.78, 5) is 13.2. The zero-order valence-electron chi connectivity index (χ0n) is 19.9. The number of carbonyl (C=O) groups is 1. The van der Waals surface area contributed by atoms with Crippen LogP contribution in [0.1, 0.15) is 66.8 Å². The van der Waals surface area contributed by atoms with E-state index < -0.39 is 18.4 Å². The molecule has 1 fully saturated rings. The van der Waals surface area contributed by atoms with Crippen molar-refractivity contribution >= 4 is 11.7 Å². The molecule has 3 aliphatic heterocycles. The van der Waals surface area contributed by atoms with Crippen molar-refractivity contribution in [1.29, 1.82) is 0 Å². The minimum atomic E-state index is -0.819. The van der Waals surface area contributed by atoms with Gasteiger partial charge in [-0.2, -0.15) is 0 Å². The summed E-state index contributed by atoms with van der Waals surface area (Å²) in [6.07, 6.45) is 7.80. The summed E-state index contributed by atoms with van der Waals surface area (Å²) < 4.78 is 12.7. The average molecular weight is 480 g/mol. The predicted octanol–water partition coefficient (Wildman–Crippen LogP) is 5.01. The number of aromatic hydroxyl groups is 2. The molecule has 5 rings (SSSR count). The quantitative estimate of drug-likeness (QED) is 0.480. The molecular weight excluding hydrogens is 446 g/mol. The van der Waals surface area contributed by atoms with Gasteiger partial charge in [0.2, 0.25) is 0 Å². The number of benzene rings is 2. The van der Waals surface area contributed by atoms with Crippen LogP contribution < -0.4 is 4.90 Å². The highest BCUT2D eigenvalue weighted by Crippen LogP contribution is 2.48. The molecule has 0 unspecified atom stereocenters. The molecule has 0 aliphatic carbocycles. The van der Waals surface area contributed by atoms with Crippen molar-refractivity contribution in [2.24, 2.45) is 5.92 Å². The first-order valence-corrected chi connectivity index (χ1v) is 12.6. The maximum atomic E-state index is 11.3. The molecule has 7 heteroatoms. The number of phenols is 2. The van der Waals surface area contributed by atoms with Crippen molar-refractivity contribution in [2.75, 3.05) is 24.6 Å². The molecule has 0 bridgehead atoms. The van der Waals surface area contributed by atoms with Crippen LogP contribution in [-0.4, -0.2) is 41.0 Å². The van der Waals surface area contributed by atoms with E-state index in [9.17, 15) is 15.0 Å². The highest BCUT2D eigenvalue weighted by molar-refractivity contribution is 5.69. The second kappa shape index (κ2) is 10.3. The van der Waals surface area contributed by atoms with E-state index in [2.05, 4.69) is 4.90 Å². The molecule has 1 saturated heterocycles. The Bertz CT molecular complexity index is 1110. The Morgan fingerprint density at radius 3 is 2.69 bits per heavy atom. The SMILES string of the molecule is O=C(O)CC/C=C\C[C@@H]1CO[C@@H](c2cc3c4c(c2O)CCCN4CCC3)O[C@@H]1c1ccccc1O. The third-order valence-electron chi connectivity index (χ3n) is 7.31. The maximum Gasteiger partial charge on any atom is 0.303 e. The lowest BCUT2D eigenvalue weighted by Gasteiger charge is -2.40. The van der Waals surface area contributed by atoms with Crippen LogP contribution in [0.4, 0.5) is 5.69 Å². The van der Waals surface area contributed by atoms with Crippen LogP contribution in [0.5, 0.6) is 11.5 Å². The third-order valence-corrected chi connectivity index (χ3v) is 7.31. The van der Waals surface area contributed by atoms with Crippen LogP contribution in [0.3, 0.4) is 0 Å². The van der Waals surface area contributed by atoms with Crippen LogP contribution in [0.25, 0.3) is 0 Å². The monoisotopic (exact) mass is 479 g/mol. The summed E-state index contributed by atoms with van der Waals surface area (Å²) in [6, 6.07) is 9.21. The number of ether oxygens (including phenoxy) is 2. The molecule has 0 saturated carbocycles. The molecule has 186 valence electrons. The number of rotatable bonds is 7. The number of aliphatic carboxylic acids is 1. The van der Waals surface area contributed by atoms with E-state index >= 15 is 0 Å². The Balaban J connectivity index is 1.42. The van der Waals surface area contributed by atoms with Crippen molar-refractivity contribution in [1.82, 2.24) is 0 Å². The van der Waals surface area contributed by atoms with Crippen molar-refractivity contribution in [2.45, 2.75) is 57.3 Å². The first kappa shape index (κ1) is 23.7. The standard InChI is InChI=1S/C28H33NO6/c30-23-12-5-4-10-20(23)27-19(8-2-1-3-13-24(31)32)17-34-28(35-27)22-16-18-9-6-14-29-15-7-11-21(25(18)29)26(22)33/h1-2,4-5,10,12,16,19,27-28,30,33H,3,6-9,11,13-15,17H2,(H,31,32)/b2-1-/t19-,27+,28-/m1/s1. The van der Waals surface area contributed by atoms with Gasteiger partial charge < -0.3 is 29.7 Å². The molecular formula is C28H33NO6. The summed E-state index contributed by atoms with van der Waals surface area (Å²) in [5, 5.41) is 30.7. The van der Waals surface area contributed by atoms with Crippen LogP contribution in [0.2, 0.25) is 0 Å². The molecule has 2 aromatic carbocycles. The van der Waals surface area contributed by atoms with Gasteiger partial charge in [0.1, 0.15) is 11.5 Å². The molecule has 3 N–H and O–H groups in total. The minimum absolute atomic E-state index is 0.0609. The molecule has 2 aromatic rings. The van der Waals surface area contributed by atoms with E-state index in [4.69, 9.17) is 14.6 Å². The van der Waals surface area contributed by atoms with Gasteiger partial charge in [0, 0.05) is 42.2 Å². The molecule has 0 radical (unpaired) electrons. The summed E-state index contributed by atoms with van der Waals surface area (Å²) in [5.41, 5.74) is 4.79. The van der Waals surface area contributed by atoms with Crippen LogP contribution in [-0.2, 0) is 27.1 Å². The summed E-state index contributed by atoms with van der Waals surface area (Å²) >= 11 is 0. The molecule has 35 heavy (non-hydrogen) atoms. The second-order valence-electron chi connectivity index (χ2n) is 9.68. The Morgan fingerprint density at radius 2 is 1.89 bits per heavy atom. The van der Waals surface area contributed by atoms with Crippen molar-refractivity contribution in [3.8, 4) is 11.5 Å². The fourth-order valence-electron chi connectivity index (χ4n) is 5.64. The number of phenolic OH excluding ortho intramolecular Hbond substituents is 2. The van der Waals surface area contributed by atoms with Crippen molar-refractivity contribution < 1.29 is 29.6 Å². The second-order valence-corrected chi connectivity index (χ2v) is 9.68. The summed E-state index contributed by atoms with van der Waals surface area (Å²) in [7, 11) is 0. The number of carboxylic acids is 1. The van der Waals surface area contributed by atoms with Gasteiger partial charge in [0.25, 0.3) is 0 Å². The van der Waals surface area contributed by atoms with E-state index in [1.54, 1.807) is 12.1 Å². The van der Waals surface area contributed by atoms with Gasteiger partial charge in [-0.25, -0.2) is 0 Å². The van der Waals surface area contributed by atoms with E-state index in [-0.39, 0.29) is 23.8 Å². The van der Waals surface area contributed by atoms with Gasteiger partial charge >= 0.3 is 5.97 Å². The van der Waals surface area contributed by atoms with Crippen LogP contribution >= 0.6 is 0 Å². The molecule has 3 atom stereocenters. The first-order chi connectivity index (χ1) is 17.0. The molecule has 0 aromatic heterocycles. The fraction of sp³-hybridized carbons (Fsp3) is 0.464. The minimum Gasteiger partial charge on any atom is -0.508 e. The number of nitrogens with zero attached hydrogens (tertiary/aromatic N) is 1.